The van der Waals surface area contributed by atoms with E-state index >= 15 is 0 Å². The standard InChI is InChI=1S/C21H28N2O4S/c1-14(2)13-22-21(24)17(5)27-18-9-11-19(12-10-18)28(25,26)23-20-8-6-7-15(3)16(20)4/h6-12,14,17,23H,13H2,1-5H3,(H,22,24)/t17-/m0/s1. The van der Waals surface area contributed by atoms with Crippen molar-refractivity contribution in [1.29, 1.82) is 0 Å². The Balaban J connectivity index is 2.06. The van der Waals surface area contributed by atoms with Crippen LogP contribution in [0.5, 0.6) is 5.75 Å². The molecule has 0 saturated heterocycles. The van der Waals surface area contributed by atoms with Crippen molar-refractivity contribution in [2.75, 3.05) is 11.3 Å². The molecule has 0 unspecified atom stereocenters. The molecule has 2 aromatic carbocycles. The van der Waals surface area contributed by atoms with Gasteiger partial charge >= 0.3 is 0 Å². The van der Waals surface area contributed by atoms with Crippen molar-refractivity contribution >= 4 is 21.6 Å². The molecule has 2 rings (SSSR count). The first kappa shape index (κ1) is 21.8. The molecule has 0 spiro atoms. The third-order valence-corrected chi connectivity index (χ3v) is 5.73. The van der Waals surface area contributed by atoms with Crippen molar-refractivity contribution in [3.05, 3.63) is 53.6 Å². The first-order chi connectivity index (χ1) is 13.1. The minimum atomic E-state index is -3.72. The number of carbonyl (C=O) groups excluding carboxylic acids is 1. The topological polar surface area (TPSA) is 84.5 Å². The van der Waals surface area contributed by atoms with E-state index < -0.39 is 16.1 Å². The molecule has 0 saturated carbocycles. The third-order valence-electron chi connectivity index (χ3n) is 4.35. The van der Waals surface area contributed by atoms with Gasteiger partial charge in [0.25, 0.3) is 15.9 Å². The molecule has 28 heavy (non-hydrogen) atoms. The predicted molar refractivity (Wildman–Crippen MR) is 111 cm³/mol. The monoisotopic (exact) mass is 404 g/mol. The molecule has 2 aromatic rings. The Kier molecular flexibility index (Phi) is 7.07. The second-order valence-corrected chi connectivity index (χ2v) is 8.91. The number of hydrogen-bond donors (Lipinski definition) is 2. The van der Waals surface area contributed by atoms with Gasteiger partial charge in [0.15, 0.2) is 6.10 Å². The lowest BCUT2D eigenvalue weighted by Crippen LogP contribution is -2.38. The van der Waals surface area contributed by atoms with Crippen LogP contribution in [0.15, 0.2) is 47.4 Å². The van der Waals surface area contributed by atoms with Crippen molar-refractivity contribution in [3.63, 3.8) is 0 Å². The summed E-state index contributed by atoms with van der Waals surface area (Å²) in [6.07, 6.45) is -0.672. The Labute approximate surface area is 167 Å². The van der Waals surface area contributed by atoms with Crippen molar-refractivity contribution in [2.24, 2.45) is 5.92 Å². The van der Waals surface area contributed by atoms with E-state index in [1.807, 2.05) is 39.8 Å². The van der Waals surface area contributed by atoms with E-state index in [-0.39, 0.29) is 10.8 Å². The molecular formula is C21H28N2O4S. The van der Waals surface area contributed by atoms with Crippen LogP contribution in [-0.2, 0) is 14.8 Å². The lowest BCUT2D eigenvalue weighted by atomic mass is 10.1. The highest BCUT2D eigenvalue weighted by Crippen LogP contribution is 2.23. The van der Waals surface area contributed by atoms with E-state index in [1.165, 1.54) is 12.1 Å². The number of rotatable bonds is 8. The van der Waals surface area contributed by atoms with Crippen LogP contribution in [-0.4, -0.2) is 27.0 Å². The van der Waals surface area contributed by atoms with Crippen LogP contribution >= 0.6 is 0 Å². The summed E-state index contributed by atoms with van der Waals surface area (Å²) in [7, 11) is -3.72. The number of aryl methyl sites for hydroxylation is 1. The van der Waals surface area contributed by atoms with E-state index in [1.54, 1.807) is 25.1 Å². The summed E-state index contributed by atoms with van der Waals surface area (Å²) in [5.74, 6) is 0.574. The molecule has 0 aliphatic carbocycles. The van der Waals surface area contributed by atoms with Crippen molar-refractivity contribution in [3.8, 4) is 5.75 Å². The second-order valence-electron chi connectivity index (χ2n) is 7.22. The minimum Gasteiger partial charge on any atom is -0.481 e. The Hall–Kier alpha value is -2.54. The van der Waals surface area contributed by atoms with Gasteiger partial charge in [0.2, 0.25) is 0 Å². The summed E-state index contributed by atoms with van der Waals surface area (Å²) in [6.45, 7) is 10.1. The number of nitrogens with one attached hydrogen (secondary N) is 2. The summed E-state index contributed by atoms with van der Waals surface area (Å²) in [6, 6.07) is 11.5. The highest BCUT2D eigenvalue weighted by molar-refractivity contribution is 7.92. The highest BCUT2D eigenvalue weighted by Gasteiger charge is 2.18. The molecule has 0 bridgehead atoms. The fourth-order valence-electron chi connectivity index (χ4n) is 2.47. The molecule has 6 nitrogen and oxygen atoms in total. The summed E-state index contributed by atoms with van der Waals surface area (Å²) >= 11 is 0. The fraction of sp³-hybridized carbons (Fsp3) is 0.381. The number of benzene rings is 2. The molecule has 1 atom stereocenters. The Morgan fingerprint density at radius 1 is 1.04 bits per heavy atom. The Morgan fingerprint density at radius 3 is 2.29 bits per heavy atom. The summed E-state index contributed by atoms with van der Waals surface area (Å²) in [4.78, 5) is 12.1. The van der Waals surface area contributed by atoms with Gasteiger partial charge < -0.3 is 10.1 Å². The highest BCUT2D eigenvalue weighted by atomic mass is 32.2. The average molecular weight is 405 g/mol. The molecule has 0 heterocycles. The van der Waals surface area contributed by atoms with Crippen LogP contribution in [0.1, 0.15) is 31.9 Å². The van der Waals surface area contributed by atoms with E-state index in [2.05, 4.69) is 10.0 Å². The van der Waals surface area contributed by atoms with Crippen LogP contribution in [0.25, 0.3) is 0 Å². The molecule has 1 amide bonds. The number of ether oxygens (including phenoxy) is 1. The minimum absolute atomic E-state index is 0.123. The van der Waals surface area contributed by atoms with Gasteiger partial charge in [-0.1, -0.05) is 26.0 Å². The number of hydrogen-bond acceptors (Lipinski definition) is 4. The van der Waals surface area contributed by atoms with Crippen LogP contribution in [0.2, 0.25) is 0 Å². The Morgan fingerprint density at radius 2 is 1.68 bits per heavy atom. The number of carbonyl (C=O) groups is 1. The van der Waals surface area contributed by atoms with Crippen molar-refractivity contribution in [1.82, 2.24) is 5.32 Å². The van der Waals surface area contributed by atoms with Gasteiger partial charge in [0.05, 0.1) is 10.6 Å². The van der Waals surface area contributed by atoms with E-state index in [4.69, 9.17) is 4.74 Å². The zero-order chi connectivity index (χ0) is 20.9. The molecule has 0 aliphatic rings. The molecule has 2 N–H and O–H groups in total. The van der Waals surface area contributed by atoms with Crippen molar-refractivity contribution in [2.45, 2.75) is 45.6 Å². The second kappa shape index (κ2) is 9.10. The average Bonchev–Trinajstić information content (AvgIpc) is 2.63. The molecular weight excluding hydrogens is 376 g/mol. The largest absolute Gasteiger partial charge is 0.481 e. The molecule has 0 fully saturated rings. The predicted octanol–water partition coefficient (Wildman–Crippen LogP) is 3.64. The number of amides is 1. The zero-order valence-electron chi connectivity index (χ0n) is 16.9. The van der Waals surface area contributed by atoms with Crippen LogP contribution in [0.4, 0.5) is 5.69 Å². The van der Waals surface area contributed by atoms with E-state index in [0.29, 0.717) is 23.9 Å². The fourth-order valence-corrected chi connectivity index (χ4v) is 3.59. The molecule has 0 radical (unpaired) electrons. The first-order valence-corrected chi connectivity index (χ1v) is 10.7. The van der Waals surface area contributed by atoms with E-state index in [0.717, 1.165) is 11.1 Å². The molecule has 152 valence electrons. The van der Waals surface area contributed by atoms with Crippen molar-refractivity contribution < 1.29 is 17.9 Å². The smallest absolute Gasteiger partial charge is 0.261 e. The van der Waals surface area contributed by atoms with Gasteiger partial charge in [-0.25, -0.2) is 8.42 Å². The summed E-state index contributed by atoms with van der Waals surface area (Å²) in [5, 5.41) is 2.81. The van der Waals surface area contributed by atoms with Gasteiger partial charge in [0.1, 0.15) is 5.75 Å². The van der Waals surface area contributed by atoms with E-state index in [9.17, 15) is 13.2 Å². The summed E-state index contributed by atoms with van der Waals surface area (Å²) < 4.78 is 33.5. The van der Waals surface area contributed by atoms with Gasteiger partial charge in [-0.05, 0) is 68.1 Å². The van der Waals surface area contributed by atoms with Gasteiger partial charge in [-0.3, -0.25) is 9.52 Å². The molecule has 0 aromatic heterocycles. The molecule has 0 aliphatic heterocycles. The molecule has 7 heteroatoms. The normalized spacial score (nSPS) is 12.5. The van der Waals surface area contributed by atoms with Crippen LogP contribution < -0.4 is 14.8 Å². The van der Waals surface area contributed by atoms with Crippen LogP contribution in [0, 0.1) is 19.8 Å². The maximum absolute atomic E-state index is 12.6. The quantitative estimate of drug-likeness (QED) is 0.703. The van der Waals surface area contributed by atoms with Gasteiger partial charge in [-0.2, -0.15) is 0 Å². The number of sulfonamides is 1. The Bertz CT molecular complexity index is 922. The number of anilines is 1. The maximum Gasteiger partial charge on any atom is 0.261 e. The SMILES string of the molecule is Cc1cccc(NS(=O)(=O)c2ccc(O[C@@H](C)C(=O)NCC(C)C)cc2)c1C. The zero-order valence-corrected chi connectivity index (χ0v) is 17.8. The van der Waals surface area contributed by atoms with Crippen LogP contribution in [0.3, 0.4) is 0 Å². The maximum atomic E-state index is 12.6. The first-order valence-electron chi connectivity index (χ1n) is 9.23. The van der Waals surface area contributed by atoms with Gasteiger partial charge in [-0.15, -0.1) is 0 Å². The lowest BCUT2D eigenvalue weighted by molar-refractivity contribution is -0.127. The lowest BCUT2D eigenvalue weighted by Gasteiger charge is -2.16. The van der Waals surface area contributed by atoms with Gasteiger partial charge in [0, 0.05) is 6.54 Å². The summed E-state index contributed by atoms with van der Waals surface area (Å²) in [5.41, 5.74) is 2.44. The third kappa shape index (κ3) is 5.73.